The lowest BCUT2D eigenvalue weighted by atomic mass is 9.74. The highest BCUT2D eigenvalue weighted by Crippen LogP contribution is 2.32. The highest BCUT2D eigenvalue weighted by atomic mass is 14.3. The monoisotopic (exact) mass is 1030 g/mol. The van der Waals surface area contributed by atoms with Crippen LogP contribution in [-0.2, 0) is 0 Å². The van der Waals surface area contributed by atoms with Crippen LogP contribution in [0.2, 0.25) is 0 Å². The maximum Gasteiger partial charge on any atom is 0.166 e. The van der Waals surface area contributed by atoms with Gasteiger partial charge in [-0.15, -0.1) is 17.8 Å². The molecular formula is C75H132. The Morgan fingerprint density at radius 2 is 0.440 bits per heavy atom. The third-order valence-electron chi connectivity index (χ3n) is 16.0. The van der Waals surface area contributed by atoms with Gasteiger partial charge in [-0.05, 0) is 43.9 Å². The van der Waals surface area contributed by atoms with Crippen LogP contribution in [0.5, 0.6) is 0 Å². The molecule has 0 fully saturated rings. The Bertz CT molecular complexity index is 1450. The normalized spacial score (nSPS) is 12.0. The van der Waals surface area contributed by atoms with E-state index < -0.39 is 5.41 Å². The summed E-state index contributed by atoms with van der Waals surface area (Å²) in [4.78, 5) is 0. The molecule has 0 aliphatic carbocycles. The quantitative estimate of drug-likeness (QED) is 0.0421. The minimum Gasteiger partial charge on any atom is -0.103 e. The largest absolute Gasteiger partial charge is 0.166 e. The molecule has 0 aromatic carbocycles. The van der Waals surface area contributed by atoms with Crippen molar-refractivity contribution in [1.29, 1.82) is 0 Å². The lowest BCUT2D eigenvalue weighted by Crippen LogP contribution is -2.26. The Morgan fingerprint density at radius 1 is 0.213 bits per heavy atom. The predicted molar refractivity (Wildman–Crippen MR) is 341 cm³/mol. The summed E-state index contributed by atoms with van der Waals surface area (Å²) in [6, 6.07) is 0. The zero-order valence-electron chi connectivity index (χ0n) is 52.1. The molecule has 75 heavy (non-hydrogen) atoms. The summed E-state index contributed by atoms with van der Waals surface area (Å²) in [5.74, 6) is 37.0. The molecule has 0 heterocycles. The Hall–Kier alpha value is -2.20. The zero-order chi connectivity index (χ0) is 54.2. The summed E-state index contributed by atoms with van der Waals surface area (Å²) < 4.78 is 0. The van der Waals surface area contributed by atoms with E-state index in [0.29, 0.717) is 0 Å². The van der Waals surface area contributed by atoms with Crippen LogP contribution >= 0.6 is 0 Å². The second kappa shape index (κ2) is 64.3. The molecule has 2 unspecified atom stereocenters. The highest BCUT2D eigenvalue weighted by Gasteiger charge is 2.33. The van der Waals surface area contributed by atoms with Crippen molar-refractivity contribution in [2.75, 3.05) is 0 Å². The van der Waals surface area contributed by atoms with E-state index in [1.165, 1.54) is 340 Å². The van der Waals surface area contributed by atoms with Crippen LogP contribution in [0.15, 0.2) is 0 Å². The molecule has 0 saturated heterocycles. The first-order valence-corrected chi connectivity index (χ1v) is 34.7. The van der Waals surface area contributed by atoms with Crippen LogP contribution in [0.1, 0.15) is 407 Å². The number of hydrogen-bond acceptors (Lipinski definition) is 0. The molecule has 0 aromatic rings. The van der Waals surface area contributed by atoms with Gasteiger partial charge in [-0.3, -0.25) is 0 Å². The van der Waals surface area contributed by atoms with Crippen molar-refractivity contribution in [2.24, 2.45) is 11.3 Å². The molecule has 432 valence electrons. The molecular weight excluding hydrogens is 901 g/mol. The lowest BCUT2D eigenvalue weighted by molar-refractivity contribution is 0.441. The van der Waals surface area contributed by atoms with Crippen molar-refractivity contribution in [3.63, 3.8) is 0 Å². The van der Waals surface area contributed by atoms with Gasteiger partial charge in [0.1, 0.15) is 0 Å². The van der Waals surface area contributed by atoms with Crippen molar-refractivity contribution in [3.8, 4) is 59.2 Å². The van der Waals surface area contributed by atoms with E-state index >= 15 is 0 Å². The Kier molecular flexibility index (Phi) is 62.4. The first kappa shape index (κ1) is 72.8. The fourth-order valence-electron chi connectivity index (χ4n) is 10.8. The maximum absolute atomic E-state index is 3.91. The van der Waals surface area contributed by atoms with Crippen LogP contribution in [0.25, 0.3) is 0 Å². The summed E-state index contributed by atoms with van der Waals surface area (Å²) in [6.45, 7) is 11.6. The van der Waals surface area contributed by atoms with Crippen LogP contribution in [-0.4, -0.2) is 0 Å². The number of hydrogen-bond donors (Lipinski definition) is 0. The van der Waals surface area contributed by atoms with Gasteiger partial charge in [-0.25, -0.2) is 0 Å². The van der Waals surface area contributed by atoms with Crippen LogP contribution in [0, 0.1) is 70.5 Å². The van der Waals surface area contributed by atoms with Gasteiger partial charge in [-0.2, -0.15) is 0 Å². The van der Waals surface area contributed by atoms with Crippen molar-refractivity contribution >= 4 is 0 Å². The maximum atomic E-state index is 3.91. The SMILES string of the molecule is CCCCCCCCCCCC#CC(CCCCCCCCCCCCC)C(C#CC#CCCCCCCCCCCCCCC)(C#CCCCCCCCCCCCC)C#CCCCCCCCCCCCCC. The second-order valence-corrected chi connectivity index (χ2v) is 23.6. The van der Waals surface area contributed by atoms with Crippen molar-refractivity contribution < 1.29 is 0 Å². The lowest BCUT2D eigenvalue weighted by Gasteiger charge is -2.24. The summed E-state index contributed by atoms with van der Waals surface area (Å²) in [6.07, 6.45) is 76.8. The average molecular weight is 1030 g/mol. The molecule has 0 heteroatoms. The fraction of sp³-hybridized carbons (Fsp3) is 0.867. The summed E-state index contributed by atoms with van der Waals surface area (Å²) in [7, 11) is 0. The Labute approximate surface area is 475 Å². The second-order valence-electron chi connectivity index (χ2n) is 23.6. The van der Waals surface area contributed by atoms with E-state index in [1.807, 2.05) is 0 Å². The van der Waals surface area contributed by atoms with Crippen LogP contribution < -0.4 is 0 Å². The molecule has 2 atom stereocenters. The molecule has 0 aliphatic heterocycles. The predicted octanol–water partition coefficient (Wildman–Crippen LogP) is 25.3. The number of unbranched alkanes of at least 4 members (excludes halogenated alkanes) is 52. The highest BCUT2D eigenvalue weighted by molar-refractivity contribution is 5.46. The molecule has 0 rings (SSSR count). The van der Waals surface area contributed by atoms with E-state index in [4.69, 9.17) is 0 Å². The first-order valence-electron chi connectivity index (χ1n) is 34.7. The minimum atomic E-state index is -0.745. The van der Waals surface area contributed by atoms with Crippen molar-refractivity contribution in [3.05, 3.63) is 0 Å². The molecule has 0 spiro atoms. The molecule has 0 nitrogen and oxygen atoms in total. The molecule has 0 aliphatic rings. The van der Waals surface area contributed by atoms with E-state index in [1.54, 1.807) is 0 Å². The van der Waals surface area contributed by atoms with Gasteiger partial charge >= 0.3 is 0 Å². The van der Waals surface area contributed by atoms with E-state index in [0.717, 1.165) is 32.1 Å². The Morgan fingerprint density at radius 3 is 0.720 bits per heavy atom. The van der Waals surface area contributed by atoms with Crippen molar-refractivity contribution in [1.82, 2.24) is 0 Å². The molecule has 0 aromatic heterocycles. The van der Waals surface area contributed by atoms with Gasteiger partial charge in [0.25, 0.3) is 0 Å². The topological polar surface area (TPSA) is 0 Å². The molecule has 0 saturated carbocycles. The summed E-state index contributed by atoms with van der Waals surface area (Å²) in [5.41, 5.74) is -0.745. The third-order valence-corrected chi connectivity index (χ3v) is 16.0. The molecule has 0 radical (unpaired) electrons. The minimum absolute atomic E-state index is 0.0327. The van der Waals surface area contributed by atoms with Crippen LogP contribution in [0.4, 0.5) is 0 Å². The molecule has 0 bridgehead atoms. The van der Waals surface area contributed by atoms with E-state index in [2.05, 4.69) is 93.8 Å². The van der Waals surface area contributed by atoms with Gasteiger partial charge < -0.3 is 0 Å². The first-order chi connectivity index (χ1) is 37.2. The van der Waals surface area contributed by atoms with Crippen molar-refractivity contribution in [2.45, 2.75) is 407 Å². The van der Waals surface area contributed by atoms with Gasteiger partial charge in [-0.1, -0.05) is 379 Å². The van der Waals surface area contributed by atoms with E-state index in [-0.39, 0.29) is 5.92 Å². The van der Waals surface area contributed by atoms with Crippen LogP contribution in [0.3, 0.4) is 0 Å². The standard InChI is InChI=1S/C75H132/c1-6-11-16-21-26-31-36-39-40-41-43-48-53-58-63-68-73-75(71-66-61-56-51-46-38-33-28-23-18-13-8-3,72-67-62-57-52-47-42-37-32-27-22-17-12-7-2)74(69-64-59-54-49-44-34-29-24-19-14-9-4)70-65-60-55-50-45-35-30-25-20-15-10-5/h74H,6-57,59-62,64,69H2,1-5H3. The van der Waals surface area contributed by atoms with Gasteiger partial charge in [0, 0.05) is 25.7 Å². The molecule has 0 N–H and O–H groups in total. The third kappa shape index (κ3) is 54.9. The van der Waals surface area contributed by atoms with Gasteiger partial charge in [0.05, 0.1) is 5.92 Å². The van der Waals surface area contributed by atoms with E-state index in [9.17, 15) is 0 Å². The summed E-state index contributed by atoms with van der Waals surface area (Å²) >= 11 is 0. The Balaban J connectivity index is 6.33. The summed E-state index contributed by atoms with van der Waals surface area (Å²) in [5, 5.41) is 0. The van der Waals surface area contributed by atoms with Gasteiger partial charge in [0.2, 0.25) is 0 Å². The molecule has 0 amide bonds. The fourth-order valence-corrected chi connectivity index (χ4v) is 10.8. The smallest absolute Gasteiger partial charge is 0.103 e. The zero-order valence-corrected chi connectivity index (χ0v) is 52.1. The number of rotatable bonds is 55. The van der Waals surface area contributed by atoms with Gasteiger partial charge in [0.15, 0.2) is 5.41 Å². The average Bonchev–Trinajstić information content (AvgIpc) is 3.42.